The Morgan fingerprint density at radius 3 is 2.29 bits per heavy atom. The Hall–Kier alpha value is -1.39. The van der Waals surface area contributed by atoms with Crippen molar-refractivity contribution in [1.29, 1.82) is 0 Å². The van der Waals surface area contributed by atoms with Crippen LogP contribution in [0.25, 0.3) is 0 Å². The van der Waals surface area contributed by atoms with Gasteiger partial charge in [-0.15, -0.1) is 0 Å². The zero-order valence-corrected chi connectivity index (χ0v) is 10.6. The van der Waals surface area contributed by atoms with Crippen LogP contribution in [0, 0.1) is 5.41 Å². The second kappa shape index (κ2) is 5.80. The fraction of sp³-hybridized carbons (Fsp3) is 0.462. The van der Waals surface area contributed by atoms with Crippen LogP contribution in [0.1, 0.15) is 36.7 Å². The highest BCUT2D eigenvalue weighted by Gasteiger charge is 2.09. The van der Waals surface area contributed by atoms with Crippen LogP contribution >= 0.6 is 0 Å². The van der Waals surface area contributed by atoms with Crippen LogP contribution in [0.2, 0.25) is 0 Å². The first-order valence-electron chi connectivity index (χ1n) is 5.66. The predicted octanol–water partition coefficient (Wildman–Crippen LogP) is 1.94. The molecule has 1 rings (SSSR count). The van der Waals surface area contributed by atoms with Crippen LogP contribution in [0.15, 0.2) is 24.3 Å². The van der Waals surface area contributed by atoms with E-state index in [0.717, 1.165) is 18.7 Å². The predicted molar refractivity (Wildman–Crippen MR) is 66.9 cm³/mol. The topological polar surface area (TPSA) is 61.4 Å². The third-order valence-corrected chi connectivity index (χ3v) is 2.30. The summed E-state index contributed by atoms with van der Waals surface area (Å²) in [7, 11) is 0. The number of nitrogens with one attached hydrogen (secondary N) is 2. The van der Waals surface area contributed by atoms with Crippen LogP contribution in [-0.4, -0.2) is 17.7 Å². The Bertz CT molecular complexity index is 366. The Morgan fingerprint density at radius 2 is 1.82 bits per heavy atom. The van der Waals surface area contributed by atoms with E-state index in [-0.39, 0.29) is 5.41 Å². The van der Waals surface area contributed by atoms with E-state index in [1.165, 1.54) is 0 Å². The summed E-state index contributed by atoms with van der Waals surface area (Å²) in [5, 5.41) is 11.8. The van der Waals surface area contributed by atoms with Crippen molar-refractivity contribution in [3.05, 3.63) is 35.4 Å². The molecule has 0 fully saturated rings. The molecule has 0 aliphatic rings. The van der Waals surface area contributed by atoms with Crippen molar-refractivity contribution in [2.75, 3.05) is 6.54 Å². The lowest BCUT2D eigenvalue weighted by Gasteiger charge is -2.18. The van der Waals surface area contributed by atoms with Crippen LogP contribution in [0.4, 0.5) is 0 Å². The van der Waals surface area contributed by atoms with Crippen molar-refractivity contribution in [2.24, 2.45) is 5.41 Å². The minimum Gasteiger partial charge on any atom is -0.312 e. The summed E-state index contributed by atoms with van der Waals surface area (Å²) < 4.78 is 0. The van der Waals surface area contributed by atoms with Gasteiger partial charge in [-0.25, -0.2) is 5.48 Å². The van der Waals surface area contributed by atoms with Gasteiger partial charge in [-0.3, -0.25) is 10.0 Å². The number of carbonyl (C=O) groups is 1. The molecule has 1 aromatic carbocycles. The van der Waals surface area contributed by atoms with Gasteiger partial charge in [0, 0.05) is 18.7 Å². The number of benzene rings is 1. The second-order valence-electron chi connectivity index (χ2n) is 5.30. The van der Waals surface area contributed by atoms with Crippen LogP contribution in [0.3, 0.4) is 0 Å². The molecule has 0 radical (unpaired) electrons. The van der Waals surface area contributed by atoms with Crippen molar-refractivity contribution < 1.29 is 10.0 Å². The second-order valence-corrected chi connectivity index (χ2v) is 5.30. The van der Waals surface area contributed by atoms with Gasteiger partial charge in [-0.2, -0.15) is 0 Å². The number of carbonyl (C=O) groups excluding carboxylic acids is 1. The van der Waals surface area contributed by atoms with E-state index in [1.54, 1.807) is 17.6 Å². The van der Waals surface area contributed by atoms with Crippen molar-refractivity contribution in [1.82, 2.24) is 10.8 Å². The first kappa shape index (κ1) is 13.7. The molecular weight excluding hydrogens is 216 g/mol. The van der Waals surface area contributed by atoms with E-state index < -0.39 is 5.91 Å². The summed E-state index contributed by atoms with van der Waals surface area (Å²) in [6, 6.07) is 7.14. The molecule has 3 N–H and O–H groups in total. The van der Waals surface area contributed by atoms with Gasteiger partial charge >= 0.3 is 0 Å². The Morgan fingerprint density at radius 1 is 1.24 bits per heavy atom. The monoisotopic (exact) mass is 236 g/mol. The summed E-state index contributed by atoms with van der Waals surface area (Å²) in [6.45, 7) is 8.24. The zero-order valence-electron chi connectivity index (χ0n) is 10.6. The van der Waals surface area contributed by atoms with E-state index in [2.05, 4.69) is 26.1 Å². The first-order valence-corrected chi connectivity index (χ1v) is 5.66. The molecule has 0 saturated heterocycles. The molecule has 0 heterocycles. The molecule has 0 spiro atoms. The normalized spacial score (nSPS) is 11.3. The molecule has 1 amide bonds. The van der Waals surface area contributed by atoms with Gasteiger partial charge in [-0.1, -0.05) is 32.9 Å². The minimum absolute atomic E-state index is 0.261. The highest BCUT2D eigenvalue weighted by atomic mass is 16.5. The van der Waals surface area contributed by atoms with Gasteiger partial charge in [0.05, 0.1) is 0 Å². The SMILES string of the molecule is CC(C)(C)CNCc1ccc(C(=O)NO)cc1. The van der Waals surface area contributed by atoms with Gasteiger partial charge in [0.25, 0.3) is 5.91 Å². The van der Waals surface area contributed by atoms with Crippen molar-refractivity contribution in [2.45, 2.75) is 27.3 Å². The molecule has 0 saturated carbocycles. The lowest BCUT2D eigenvalue weighted by atomic mass is 9.97. The number of hydroxylamine groups is 1. The summed E-state index contributed by atoms with van der Waals surface area (Å²) in [4.78, 5) is 11.1. The molecule has 94 valence electrons. The number of amides is 1. The smallest absolute Gasteiger partial charge is 0.274 e. The number of hydrogen-bond acceptors (Lipinski definition) is 3. The fourth-order valence-electron chi connectivity index (χ4n) is 1.42. The Kier molecular flexibility index (Phi) is 4.66. The molecule has 17 heavy (non-hydrogen) atoms. The van der Waals surface area contributed by atoms with E-state index >= 15 is 0 Å². The van der Waals surface area contributed by atoms with Crippen molar-refractivity contribution >= 4 is 5.91 Å². The molecule has 1 aromatic rings. The maximum atomic E-state index is 11.1. The third kappa shape index (κ3) is 4.97. The van der Waals surface area contributed by atoms with E-state index in [4.69, 9.17) is 5.21 Å². The number of hydrogen-bond donors (Lipinski definition) is 3. The average Bonchev–Trinajstić information content (AvgIpc) is 2.27. The molecule has 0 bridgehead atoms. The maximum absolute atomic E-state index is 11.1. The van der Waals surface area contributed by atoms with Crippen LogP contribution in [0.5, 0.6) is 0 Å². The highest BCUT2D eigenvalue weighted by Crippen LogP contribution is 2.11. The zero-order chi connectivity index (χ0) is 12.9. The first-order chi connectivity index (χ1) is 7.92. The lowest BCUT2D eigenvalue weighted by molar-refractivity contribution is 0.0706. The third-order valence-electron chi connectivity index (χ3n) is 2.30. The molecule has 0 atom stereocenters. The van der Waals surface area contributed by atoms with Crippen molar-refractivity contribution in [3.63, 3.8) is 0 Å². The fourth-order valence-corrected chi connectivity index (χ4v) is 1.42. The van der Waals surface area contributed by atoms with Crippen LogP contribution in [-0.2, 0) is 6.54 Å². The molecule has 4 heteroatoms. The maximum Gasteiger partial charge on any atom is 0.274 e. The van der Waals surface area contributed by atoms with Crippen LogP contribution < -0.4 is 10.8 Å². The summed E-state index contributed by atoms with van der Waals surface area (Å²) in [5.74, 6) is -0.487. The number of rotatable bonds is 4. The van der Waals surface area contributed by atoms with Crippen molar-refractivity contribution in [3.8, 4) is 0 Å². The summed E-state index contributed by atoms with van der Waals surface area (Å²) in [5.41, 5.74) is 3.44. The molecule has 0 aliphatic heterocycles. The van der Waals surface area contributed by atoms with E-state index in [0.29, 0.717) is 5.56 Å². The van der Waals surface area contributed by atoms with Gasteiger partial charge in [0.15, 0.2) is 0 Å². The average molecular weight is 236 g/mol. The molecule has 0 aromatic heterocycles. The molecule has 0 unspecified atom stereocenters. The summed E-state index contributed by atoms with van der Waals surface area (Å²) >= 11 is 0. The molecule has 4 nitrogen and oxygen atoms in total. The van der Waals surface area contributed by atoms with Gasteiger partial charge in [-0.05, 0) is 23.1 Å². The Balaban J connectivity index is 2.49. The largest absolute Gasteiger partial charge is 0.312 e. The minimum atomic E-state index is -0.487. The Labute approximate surface area is 102 Å². The standard InChI is InChI=1S/C13H20N2O2/c1-13(2,3)9-14-8-10-4-6-11(7-5-10)12(16)15-17/h4-7,14,17H,8-9H2,1-3H3,(H,15,16). The van der Waals surface area contributed by atoms with E-state index in [9.17, 15) is 4.79 Å². The molecule has 0 aliphatic carbocycles. The lowest BCUT2D eigenvalue weighted by Crippen LogP contribution is -2.26. The molecular formula is C13H20N2O2. The van der Waals surface area contributed by atoms with Gasteiger partial charge in [0.1, 0.15) is 0 Å². The highest BCUT2D eigenvalue weighted by molar-refractivity contribution is 5.93. The van der Waals surface area contributed by atoms with Gasteiger partial charge < -0.3 is 5.32 Å². The summed E-state index contributed by atoms with van der Waals surface area (Å²) in [6.07, 6.45) is 0. The quantitative estimate of drug-likeness (QED) is 0.553. The van der Waals surface area contributed by atoms with Gasteiger partial charge in [0.2, 0.25) is 0 Å². The van der Waals surface area contributed by atoms with E-state index in [1.807, 2.05) is 12.1 Å².